The van der Waals surface area contributed by atoms with Crippen molar-refractivity contribution in [3.63, 3.8) is 0 Å². The van der Waals surface area contributed by atoms with Gasteiger partial charge in [0.25, 0.3) is 0 Å². The predicted molar refractivity (Wildman–Crippen MR) is 134 cm³/mol. The third-order valence-electron chi connectivity index (χ3n) is 6.84. The lowest BCUT2D eigenvalue weighted by molar-refractivity contribution is 0.409. The number of hydrogen-bond acceptors (Lipinski definition) is 2. The minimum Gasteiger partial charge on any atom is -0.496 e. The van der Waals surface area contributed by atoms with Crippen LogP contribution in [0, 0.1) is 13.8 Å². The fourth-order valence-corrected chi connectivity index (χ4v) is 4.69. The molecule has 0 atom stereocenters. The molecule has 0 radical (unpaired) electrons. The molecule has 2 nitrogen and oxygen atoms in total. The van der Waals surface area contributed by atoms with Crippen LogP contribution in [0.2, 0.25) is 0 Å². The Kier molecular flexibility index (Phi) is 10.4. The fraction of sp³-hybridized carbons (Fsp3) is 0.586. The second-order valence-corrected chi connectivity index (χ2v) is 9.28. The minimum atomic E-state index is -0.0187. The van der Waals surface area contributed by atoms with Gasteiger partial charge in [-0.15, -0.1) is 0 Å². The van der Waals surface area contributed by atoms with Gasteiger partial charge in [0, 0.05) is 5.41 Å². The summed E-state index contributed by atoms with van der Waals surface area (Å²) in [6, 6.07) is 13.4. The van der Waals surface area contributed by atoms with Crippen LogP contribution >= 0.6 is 0 Å². The molecule has 172 valence electrons. The quantitative estimate of drug-likeness (QED) is 0.283. The van der Waals surface area contributed by atoms with Crippen molar-refractivity contribution in [1.82, 2.24) is 0 Å². The van der Waals surface area contributed by atoms with Crippen molar-refractivity contribution in [2.24, 2.45) is 0 Å². The van der Waals surface area contributed by atoms with E-state index in [4.69, 9.17) is 9.47 Å². The van der Waals surface area contributed by atoms with Gasteiger partial charge in [0.2, 0.25) is 0 Å². The second kappa shape index (κ2) is 12.8. The fourth-order valence-electron chi connectivity index (χ4n) is 4.69. The van der Waals surface area contributed by atoms with E-state index in [0.717, 1.165) is 17.9 Å². The van der Waals surface area contributed by atoms with Crippen molar-refractivity contribution in [2.75, 3.05) is 14.2 Å². The molecule has 0 aliphatic carbocycles. The number of unbranched alkanes of at least 4 members (excludes halogenated alkanes) is 8. The molecule has 0 aliphatic heterocycles. The standard InChI is InChI=1S/C29H44O2/c1-7-8-9-10-11-12-13-14-15-20-29(4,25-16-18-27(30-5)23(2)21-25)26-17-19-28(31-6)24(3)22-26/h16-19,21-22H,7-15,20H2,1-6H3. The molecule has 2 aromatic carbocycles. The van der Waals surface area contributed by atoms with Crippen molar-refractivity contribution in [3.05, 3.63) is 58.7 Å². The molecule has 0 N–H and O–H groups in total. The second-order valence-electron chi connectivity index (χ2n) is 9.28. The zero-order valence-corrected chi connectivity index (χ0v) is 20.9. The summed E-state index contributed by atoms with van der Waals surface area (Å²) in [6.07, 6.45) is 13.4. The molecular formula is C29H44O2. The van der Waals surface area contributed by atoms with Crippen LogP contribution in [0.15, 0.2) is 36.4 Å². The van der Waals surface area contributed by atoms with Gasteiger partial charge in [-0.25, -0.2) is 0 Å². The summed E-state index contributed by atoms with van der Waals surface area (Å²) in [5.41, 5.74) is 5.12. The van der Waals surface area contributed by atoms with Gasteiger partial charge in [-0.3, -0.25) is 0 Å². The highest BCUT2D eigenvalue weighted by Gasteiger charge is 2.29. The molecule has 2 rings (SSSR count). The van der Waals surface area contributed by atoms with Crippen LogP contribution in [0.3, 0.4) is 0 Å². The molecular weight excluding hydrogens is 380 g/mol. The Hall–Kier alpha value is -1.96. The maximum absolute atomic E-state index is 5.51. The monoisotopic (exact) mass is 424 g/mol. The maximum Gasteiger partial charge on any atom is 0.121 e. The van der Waals surface area contributed by atoms with E-state index in [-0.39, 0.29) is 5.41 Å². The molecule has 0 saturated carbocycles. The third kappa shape index (κ3) is 7.02. The van der Waals surface area contributed by atoms with Gasteiger partial charge in [0.15, 0.2) is 0 Å². The first kappa shape index (κ1) is 25.3. The van der Waals surface area contributed by atoms with Crippen LogP contribution in [0.25, 0.3) is 0 Å². The molecule has 0 spiro atoms. The van der Waals surface area contributed by atoms with Crippen molar-refractivity contribution < 1.29 is 9.47 Å². The molecule has 0 aliphatic rings. The first-order valence-corrected chi connectivity index (χ1v) is 12.3. The minimum absolute atomic E-state index is 0.0187. The highest BCUT2D eigenvalue weighted by atomic mass is 16.5. The van der Waals surface area contributed by atoms with Gasteiger partial charge < -0.3 is 9.47 Å². The number of hydrogen-bond donors (Lipinski definition) is 0. The van der Waals surface area contributed by atoms with Crippen molar-refractivity contribution >= 4 is 0 Å². The molecule has 0 saturated heterocycles. The molecule has 0 fully saturated rings. The summed E-state index contributed by atoms with van der Waals surface area (Å²) in [5, 5.41) is 0. The normalized spacial score (nSPS) is 11.5. The summed E-state index contributed by atoms with van der Waals surface area (Å²) in [5.74, 6) is 1.92. The van der Waals surface area contributed by atoms with E-state index in [2.05, 4.69) is 64.1 Å². The Morgan fingerprint density at radius 3 is 1.45 bits per heavy atom. The van der Waals surface area contributed by atoms with E-state index in [1.54, 1.807) is 14.2 Å². The van der Waals surface area contributed by atoms with E-state index >= 15 is 0 Å². The van der Waals surface area contributed by atoms with Crippen LogP contribution in [-0.4, -0.2) is 14.2 Å². The molecule has 0 heterocycles. The highest BCUT2D eigenvalue weighted by molar-refractivity contribution is 5.47. The van der Waals surface area contributed by atoms with Gasteiger partial charge in [-0.2, -0.15) is 0 Å². The molecule has 0 unspecified atom stereocenters. The van der Waals surface area contributed by atoms with E-state index in [1.165, 1.54) is 80.0 Å². The maximum atomic E-state index is 5.51. The van der Waals surface area contributed by atoms with Gasteiger partial charge >= 0.3 is 0 Å². The Morgan fingerprint density at radius 2 is 1.06 bits per heavy atom. The highest BCUT2D eigenvalue weighted by Crippen LogP contribution is 2.40. The van der Waals surface area contributed by atoms with Crippen molar-refractivity contribution in [3.8, 4) is 11.5 Å². The van der Waals surface area contributed by atoms with Crippen LogP contribution in [0.1, 0.15) is 100 Å². The lowest BCUT2D eigenvalue weighted by atomic mass is 9.72. The lowest BCUT2D eigenvalue weighted by Crippen LogP contribution is -2.24. The van der Waals surface area contributed by atoms with E-state index in [1.807, 2.05) is 0 Å². The molecule has 0 bridgehead atoms. The average Bonchev–Trinajstić information content (AvgIpc) is 2.77. The van der Waals surface area contributed by atoms with E-state index in [9.17, 15) is 0 Å². The number of aryl methyl sites for hydroxylation is 2. The van der Waals surface area contributed by atoms with Crippen LogP contribution in [-0.2, 0) is 5.41 Å². The summed E-state index contributed by atoms with van der Waals surface area (Å²) >= 11 is 0. The Labute approximate surface area is 191 Å². The summed E-state index contributed by atoms with van der Waals surface area (Å²) in [6.45, 7) is 8.97. The Bertz CT molecular complexity index is 740. The predicted octanol–water partition coefficient (Wildman–Crippen LogP) is 8.55. The number of rotatable bonds is 14. The lowest BCUT2D eigenvalue weighted by Gasteiger charge is -2.32. The average molecular weight is 425 g/mol. The summed E-state index contributed by atoms with van der Waals surface area (Å²) in [7, 11) is 3.49. The molecule has 31 heavy (non-hydrogen) atoms. The number of methoxy groups -OCH3 is 2. The SMILES string of the molecule is CCCCCCCCCCCC(C)(c1ccc(OC)c(C)c1)c1ccc(OC)c(C)c1. The third-order valence-corrected chi connectivity index (χ3v) is 6.84. The smallest absolute Gasteiger partial charge is 0.121 e. The topological polar surface area (TPSA) is 18.5 Å². The van der Waals surface area contributed by atoms with Crippen molar-refractivity contribution in [2.45, 2.75) is 97.3 Å². The van der Waals surface area contributed by atoms with Crippen LogP contribution in [0.5, 0.6) is 11.5 Å². The van der Waals surface area contributed by atoms with Gasteiger partial charge in [-0.05, 0) is 54.7 Å². The summed E-state index contributed by atoms with van der Waals surface area (Å²) in [4.78, 5) is 0. The van der Waals surface area contributed by atoms with Crippen LogP contribution in [0.4, 0.5) is 0 Å². The van der Waals surface area contributed by atoms with Crippen molar-refractivity contribution in [1.29, 1.82) is 0 Å². The van der Waals surface area contributed by atoms with E-state index in [0.29, 0.717) is 0 Å². The number of benzene rings is 2. The first-order chi connectivity index (χ1) is 15.0. The Morgan fingerprint density at radius 1 is 0.645 bits per heavy atom. The summed E-state index contributed by atoms with van der Waals surface area (Å²) < 4.78 is 11.0. The zero-order chi connectivity index (χ0) is 22.7. The van der Waals surface area contributed by atoms with E-state index < -0.39 is 0 Å². The molecule has 2 aromatic rings. The Balaban J connectivity index is 2.12. The number of ether oxygens (including phenoxy) is 2. The molecule has 0 amide bonds. The zero-order valence-electron chi connectivity index (χ0n) is 20.9. The molecule has 2 heteroatoms. The first-order valence-electron chi connectivity index (χ1n) is 12.3. The van der Waals surface area contributed by atoms with Gasteiger partial charge in [-0.1, -0.05) is 95.9 Å². The molecule has 0 aromatic heterocycles. The largest absolute Gasteiger partial charge is 0.496 e. The van der Waals surface area contributed by atoms with Crippen LogP contribution < -0.4 is 9.47 Å². The van der Waals surface area contributed by atoms with Gasteiger partial charge in [0.05, 0.1) is 14.2 Å². The van der Waals surface area contributed by atoms with Gasteiger partial charge in [0.1, 0.15) is 11.5 Å².